The van der Waals surface area contributed by atoms with Crippen molar-refractivity contribution in [3.05, 3.63) is 64.7 Å². The second-order valence-corrected chi connectivity index (χ2v) is 5.77. The number of aryl methyl sites for hydroxylation is 1. The second-order valence-electron chi connectivity index (χ2n) is 4.95. The van der Waals surface area contributed by atoms with Crippen LogP contribution in [0.1, 0.15) is 30.5 Å². The van der Waals surface area contributed by atoms with Crippen molar-refractivity contribution in [2.45, 2.75) is 26.3 Å². The van der Waals surface area contributed by atoms with Gasteiger partial charge in [-0.1, -0.05) is 60.5 Å². The van der Waals surface area contributed by atoms with Crippen molar-refractivity contribution in [1.82, 2.24) is 5.32 Å². The minimum absolute atomic E-state index is 0.188. The van der Waals surface area contributed by atoms with Crippen molar-refractivity contribution >= 4 is 34.6 Å². The van der Waals surface area contributed by atoms with E-state index in [0.29, 0.717) is 10.1 Å². The number of thiocarbonyl (C=S) groups is 1. The van der Waals surface area contributed by atoms with Crippen LogP contribution in [-0.2, 0) is 0 Å². The largest absolute Gasteiger partial charge is 0.356 e. The van der Waals surface area contributed by atoms with Crippen molar-refractivity contribution in [2.75, 3.05) is 5.32 Å². The van der Waals surface area contributed by atoms with Gasteiger partial charge in [-0.15, -0.1) is 0 Å². The standard InChI is InChI=1S/C17H19ClN2S/c1-3-15(13-10-8-12(2)9-11-13)19-17(21)20-16-7-5-4-6-14(16)18/h4-11,15H,3H2,1-2H3,(H2,19,20,21). The summed E-state index contributed by atoms with van der Waals surface area (Å²) in [5.74, 6) is 0. The second kappa shape index (κ2) is 7.43. The summed E-state index contributed by atoms with van der Waals surface area (Å²) >= 11 is 11.5. The van der Waals surface area contributed by atoms with Gasteiger partial charge in [-0.3, -0.25) is 0 Å². The van der Waals surface area contributed by atoms with E-state index in [9.17, 15) is 0 Å². The van der Waals surface area contributed by atoms with Crippen LogP contribution in [0.5, 0.6) is 0 Å². The van der Waals surface area contributed by atoms with Gasteiger partial charge in [0.1, 0.15) is 0 Å². The van der Waals surface area contributed by atoms with E-state index in [2.05, 4.69) is 48.7 Å². The van der Waals surface area contributed by atoms with Crippen molar-refractivity contribution in [3.63, 3.8) is 0 Å². The molecule has 0 saturated carbocycles. The zero-order chi connectivity index (χ0) is 15.2. The van der Waals surface area contributed by atoms with Crippen LogP contribution in [0, 0.1) is 6.92 Å². The highest BCUT2D eigenvalue weighted by Gasteiger charge is 2.11. The molecule has 0 aliphatic heterocycles. The van der Waals surface area contributed by atoms with Crippen molar-refractivity contribution in [3.8, 4) is 0 Å². The monoisotopic (exact) mass is 318 g/mol. The molecular weight excluding hydrogens is 300 g/mol. The predicted octanol–water partition coefficient (Wildman–Crippen LogP) is 5.09. The van der Waals surface area contributed by atoms with Crippen LogP contribution in [0.4, 0.5) is 5.69 Å². The number of hydrogen-bond acceptors (Lipinski definition) is 1. The summed E-state index contributed by atoms with van der Waals surface area (Å²) in [5.41, 5.74) is 3.30. The lowest BCUT2D eigenvalue weighted by atomic mass is 10.0. The topological polar surface area (TPSA) is 24.1 Å². The van der Waals surface area contributed by atoms with Crippen molar-refractivity contribution in [2.24, 2.45) is 0 Å². The lowest BCUT2D eigenvalue weighted by Gasteiger charge is -2.20. The fraction of sp³-hybridized carbons (Fsp3) is 0.235. The molecule has 0 fully saturated rings. The maximum atomic E-state index is 6.12. The van der Waals surface area contributed by atoms with E-state index >= 15 is 0 Å². The molecule has 0 aromatic heterocycles. The Balaban J connectivity index is 2.03. The molecule has 0 amide bonds. The summed E-state index contributed by atoms with van der Waals surface area (Å²) in [6, 6.07) is 16.2. The molecular formula is C17H19ClN2S. The molecule has 0 aliphatic carbocycles. The van der Waals surface area contributed by atoms with Gasteiger partial charge in [-0.25, -0.2) is 0 Å². The first-order valence-corrected chi connectivity index (χ1v) is 7.77. The van der Waals surface area contributed by atoms with Crippen LogP contribution < -0.4 is 10.6 Å². The summed E-state index contributed by atoms with van der Waals surface area (Å²) in [6.45, 7) is 4.22. The summed E-state index contributed by atoms with van der Waals surface area (Å²) in [4.78, 5) is 0. The Kier molecular flexibility index (Phi) is 5.59. The summed E-state index contributed by atoms with van der Waals surface area (Å²) in [7, 11) is 0. The fourth-order valence-electron chi connectivity index (χ4n) is 2.10. The average Bonchev–Trinajstić information content (AvgIpc) is 2.48. The van der Waals surface area contributed by atoms with E-state index in [4.69, 9.17) is 23.8 Å². The highest BCUT2D eigenvalue weighted by atomic mass is 35.5. The third-order valence-corrected chi connectivity index (χ3v) is 3.86. The highest BCUT2D eigenvalue weighted by molar-refractivity contribution is 7.80. The van der Waals surface area contributed by atoms with E-state index in [1.54, 1.807) is 0 Å². The van der Waals surface area contributed by atoms with Gasteiger partial charge >= 0.3 is 0 Å². The zero-order valence-corrected chi connectivity index (χ0v) is 13.8. The Labute approximate surface area is 136 Å². The summed E-state index contributed by atoms with van der Waals surface area (Å²) in [6.07, 6.45) is 0.952. The van der Waals surface area contributed by atoms with E-state index in [1.165, 1.54) is 11.1 Å². The van der Waals surface area contributed by atoms with Gasteiger partial charge in [-0.05, 0) is 43.3 Å². The molecule has 0 saturated heterocycles. The number of benzene rings is 2. The molecule has 0 bridgehead atoms. The van der Waals surface area contributed by atoms with Crippen LogP contribution in [0.3, 0.4) is 0 Å². The summed E-state index contributed by atoms with van der Waals surface area (Å²) in [5, 5.41) is 7.72. The number of halogens is 1. The molecule has 110 valence electrons. The first kappa shape index (κ1) is 15.8. The quantitative estimate of drug-likeness (QED) is 0.768. The molecule has 21 heavy (non-hydrogen) atoms. The van der Waals surface area contributed by atoms with Gasteiger partial charge in [0.05, 0.1) is 16.8 Å². The lowest BCUT2D eigenvalue weighted by molar-refractivity contribution is 0.629. The first-order valence-electron chi connectivity index (χ1n) is 6.98. The highest BCUT2D eigenvalue weighted by Crippen LogP contribution is 2.21. The van der Waals surface area contributed by atoms with Crippen molar-refractivity contribution < 1.29 is 0 Å². The molecule has 0 radical (unpaired) electrons. The third-order valence-electron chi connectivity index (χ3n) is 3.32. The maximum absolute atomic E-state index is 6.12. The fourth-order valence-corrected chi connectivity index (χ4v) is 2.53. The zero-order valence-electron chi connectivity index (χ0n) is 12.2. The van der Waals surface area contributed by atoms with Gasteiger partial charge < -0.3 is 10.6 Å². The van der Waals surface area contributed by atoms with Gasteiger partial charge in [0, 0.05) is 0 Å². The molecule has 4 heteroatoms. The molecule has 2 aromatic carbocycles. The maximum Gasteiger partial charge on any atom is 0.171 e. The molecule has 2 N–H and O–H groups in total. The Bertz CT molecular complexity index is 610. The molecule has 2 aromatic rings. The number of nitrogens with one attached hydrogen (secondary N) is 2. The molecule has 2 nitrogen and oxygen atoms in total. The number of para-hydroxylation sites is 1. The number of hydrogen-bond donors (Lipinski definition) is 2. The smallest absolute Gasteiger partial charge is 0.171 e. The minimum atomic E-state index is 0.188. The van der Waals surface area contributed by atoms with Gasteiger partial charge in [-0.2, -0.15) is 0 Å². The number of anilines is 1. The van der Waals surface area contributed by atoms with Crippen LogP contribution in [0.2, 0.25) is 5.02 Å². The SMILES string of the molecule is CCC(NC(=S)Nc1ccccc1Cl)c1ccc(C)cc1. The van der Waals surface area contributed by atoms with Crippen molar-refractivity contribution in [1.29, 1.82) is 0 Å². The Morgan fingerprint density at radius 2 is 1.81 bits per heavy atom. The predicted molar refractivity (Wildman–Crippen MR) is 95.0 cm³/mol. The first-order chi connectivity index (χ1) is 10.1. The summed E-state index contributed by atoms with van der Waals surface area (Å²) < 4.78 is 0. The normalized spacial score (nSPS) is 11.8. The van der Waals surface area contributed by atoms with Gasteiger partial charge in [0.15, 0.2) is 5.11 Å². The van der Waals surface area contributed by atoms with E-state index < -0.39 is 0 Å². The molecule has 1 unspecified atom stereocenters. The van der Waals surface area contributed by atoms with E-state index in [0.717, 1.165) is 12.1 Å². The molecule has 0 aliphatic rings. The van der Waals surface area contributed by atoms with Gasteiger partial charge in [0.2, 0.25) is 0 Å². The Morgan fingerprint density at radius 3 is 2.43 bits per heavy atom. The minimum Gasteiger partial charge on any atom is -0.356 e. The molecule has 0 heterocycles. The van der Waals surface area contributed by atoms with Crippen LogP contribution in [-0.4, -0.2) is 5.11 Å². The van der Waals surface area contributed by atoms with E-state index in [-0.39, 0.29) is 6.04 Å². The van der Waals surface area contributed by atoms with Crippen LogP contribution in [0.25, 0.3) is 0 Å². The molecule has 2 rings (SSSR count). The lowest BCUT2D eigenvalue weighted by Crippen LogP contribution is -2.32. The van der Waals surface area contributed by atoms with Gasteiger partial charge in [0.25, 0.3) is 0 Å². The Hall–Kier alpha value is -1.58. The Morgan fingerprint density at radius 1 is 1.14 bits per heavy atom. The van der Waals surface area contributed by atoms with Crippen LogP contribution >= 0.6 is 23.8 Å². The molecule has 0 spiro atoms. The third kappa shape index (κ3) is 4.45. The molecule has 1 atom stereocenters. The van der Waals surface area contributed by atoms with E-state index in [1.807, 2.05) is 24.3 Å². The number of rotatable bonds is 4. The average molecular weight is 319 g/mol. The van der Waals surface area contributed by atoms with Crippen LogP contribution in [0.15, 0.2) is 48.5 Å².